The zero-order valence-corrected chi connectivity index (χ0v) is 12.8. The maximum atomic E-state index is 12.1. The van der Waals surface area contributed by atoms with Crippen LogP contribution in [-0.4, -0.2) is 14.9 Å². The van der Waals surface area contributed by atoms with Gasteiger partial charge >= 0.3 is 0 Å². The summed E-state index contributed by atoms with van der Waals surface area (Å²) in [6.45, 7) is 3.87. The number of nitriles is 1. The number of hydrogen-bond donors (Lipinski definition) is 0. The van der Waals surface area contributed by atoms with Crippen molar-refractivity contribution in [1.29, 1.82) is 5.26 Å². The zero-order chi connectivity index (χ0) is 16.4. The first kappa shape index (κ1) is 14.7. The number of nitrogens with zero attached hydrogens (tertiary/aromatic N) is 4. The summed E-state index contributed by atoms with van der Waals surface area (Å²) < 4.78 is 6.50. The molecule has 23 heavy (non-hydrogen) atoms. The van der Waals surface area contributed by atoms with Crippen molar-refractivity contribution in [3.8, 4) is 17.3 Å². The Bertz CT molecular complexity index is 944. The van der Waals surface area contributed by atoms with Crippen LogP contribution in [0.1, 0.15) is 22.6 Å². The Labute approximate surface area is 132 Å². The Morgan fingerprint density at radius 3 is 2.70 bits per heavy atom. The number of hydrogen-bond acceptors (Lipinski definition) is 5. The van der Waals surface area contributed by atoms with Crippen LogP contribution in [0.2, 0.25) is 0 Å². The van der Waals surface area contributed by atoms with Crippen LogP contribution in [0.5, 0.6) is 0 Å². The fraction of sp³-hybridized carbons (Fsp3) is 0.176. The SMILES string of the molecule is Cc1noc(C)c1-c1ccc(=O)n(Cc2ccccc2C#N)n1. The molecular weight excluding hydrogens is 292 g/mol. The lowest BCUT2D eigenvalue weighted by atomic mass is 10.1. The van der Waals surface area contributed by atoms with E-state index < -0.39 is 0 Å². The summed E-state index contributed by atoms with van der Waals surface area (Å²) in [5, 5.41) is 17.5. The third kappa shape index (κ3) is 2.77. The van der Waals surface area contributed by atoms with Gasteiger partial charge in [-0.15, -0.1) is 0 Å². The van der Waals surface area contributed by atoms with Gasteiger partial charge in [0.05, 0.1) is 35.1 Å². The smallest absolute Gasteiger partial charge is 0.267 e. The van der Waals surface area contributed by atoms with Crippen molar-refractivity contribution in [1.82, 2.24) is 14.9 Å². The summed E-state index contributed by atoms with van der Waals surface area (Å²) in [6.07, 6.45) is 0. The zero-order valence-electron chi connectivity index (χ0n) is 12.8. The Morgan fingerprint density at radius 1 is 1.22 bits per heavy atom. The molecule has 2 heterocycles. The highest BCUT2D eigenvalue weighted by Gasteiger charge is 2.14. The van der Waals surface area contributed by atoms with Crippen LogP contribution in [0.25, 0.3) is 11.3 Å². The van der Waals surface area contributed by atoms with Gasteiger partial charge in [0, 0.05) is 6.07 Å². The molecule has 0 aliphatic carbocycles. The summed E-state index contributed by atoms with van der Waals surface area (Å²) in [7, 11) is 0. The molecule has 0 amide bonds. The first-order chi connectivity index (χ1) is 11.1. The third-order valence-corrected chi connectivity index (χ3v) is 3.61. The number of rotatable bonds is 3. The Balaban J connectivity index is 2.06. The van der Waals surface area contributed by atoms with E-state index in [1.54, 1.807) is 25.1 Å². The van der Waals surface area contributed by atoms with Gasteiger partial charge in [-0.05, 0) is 31.5 Å². The molecule has 0 aliphatic rings. The second-order valence-electron chi connectivity index (χ2n) is 5.18. The molecule has 0 bridgehead atoms. The van der Waals surface area contributed by atoms with Crippen LogP contribution < -0.4 is 5.56 Å². The van der Waals surface area contributed by atoms with Crippen LogP contribution in [0, 0.1) is 25.2 Å². The molecule has 6 nitrogen and oxygen atoms in total. The van der Waals surface area contributed by atoms with Crippen molar-refractivity contribution in [2.75, 3.05) is 0 Å². The minimum absolute atomic E-state index is 0.228. The van der Waals surface area contributed by atoms with Crippen molar-refractivity contribution in [2.24, 2.45) is 0 Å². The molecule has 3 aromatic rings. The standard InChI is InChI=1S/C17H14N4O2/c1-11-17(12(2)23-20-11)15-7-8-16(22)21(19-15)10-14-6-4-3-5-13(14)9-18/h3-8H,10H2,1-2H3. The van der Waals surface area contributed by atoms with E-state index in [1.807, 2.05) is 19.1 Å². The summed E-state index contributed by atoms with van der Waals surface area (Å²) >= 11 is 0. The molecule has 0 unspecified atom stereocenters. The van der Waals surface area contributed by atoms with Gasteiger partial charge in [-0.1, -0.05) is 23.4 Å². The largest absolute Gasteiger partial charge is 0.361 e. The van der Waals surface area contributed by atoms with E-state index in [2.05, 4.69) is 16.3 Å². The molecule has 114 valence electrons. The molecule has 3 rings (SSSR count). The summed E-state index contributed by atoms with van der Waals surface area (Å²) in [5.41, 5.74) is 3.18. The molecule has 0 spiro atoms. The quantitative estimate of drug-likeness (QED) is 0.742. The molecule has 0 saturated heterocycles. The number of aryl methyl sites for hydroxylation is 2. The summed E-state index contributed by atoms with van der Waals surface area (Å²) in [6, 6.07) is 12.4. The molecule has 0 saturated carbocycles. The van der Waals surface area contributed by atoms with E-state index >= 15 is 0 Å². The van der Waals surface area contributed by atoms with Gasteiger partial charge in [-0.3, -0.25) is 4.79 Å². The maximum Gasteiger partial charge on any atom is 0.267 e. The Kier molecular flexibility index (Phi) is 3.77. The highest BCUT2D eigenvalue weighted by molar-refractivity contribution is 5.62. The van der Waals surface area contributed by atoms with Crippen molar-refractivity contribution in [2.45, 2.75) is 20.4 Å². The molecule has 0 atom stereocenters. The van der Waals surface area contributed by atoms with E-state index in [9.17, 15) is 4.79 Å². The number of aromatic nitrogens is 3. The van der Waals surface area contributed by atoms with Gasteiger partial charge in [-0.25, -0.2) is 4.68 Å². The van der Waals surface area contributed by atoms with Gasteiger partial charge in [0.2, 0.25) is 0 Å². The fourth-order valence-electron chi connectivity index (χ4n) is 2.47. The van der Waals surface area contributed by atoms with Crippen molar-refractivity contribution in [3.05, 3.63) is 69.3 Å². The fourth-order valence-corrected chi connectivity index (χ4v) is 2.47. The Hall–Kier alpha value is -3.20. The van der Waals surface area contributed by atoms with Crippen LogP contribution in [0.4, 0.5) is 0 Å². The molecule has 0 fully saturated rings. The second-order valence-corrected chi connectivity index (χ2v) is 5.18. The highest BCUT2D eigenvalue weighted by Crippen LogP contribution is 2.24. The summed E-state index contributed by atoms with van der Waals surface area (Å²) in [5.74, 6) is 0.651. The number of benzene rings is 1. The normalized spacial score (nSPS) is 10.5. The van der Waals surface area contributed by atoms with E-state index in [1.165, 1.54) is 10.7 Å². The van der Waals surface area contributed by atoms with Gasteiger partial charge in [0.25, 0.3) is 5.56 Å². The minimum atomic E-state index is -0.228. The van der Waals surface area contributed by atoms with Crippen LogP contribution >= 0.6 is 0 Å². The highest BCUT2D eigenvalue weighted by atomic mass is 16.5. The first-order valence-corrected chi connectivity index (χ1v) is 7.09. The van der Waals surface area contributed by atoms with E-state index in [4.69, 9.17) is 9.78 Å². The average molecular weight is 306 g/mol. The topological polar surface area (TPSA) is 84.7 Å². The predicted octanol–water partition coefficient (Wildman–Crippen LogP) is 2.44. The molecule has 2 aromatic heterocycles. The molecular formula is C17H14N4O2. The molecule has 1 aromatic carbocycles. The molecule has 0 N–H and O–H groups in total. The van der Waals surface area contributed by atoms with Crippen molar-refractivity contribution in [3.63, 3.8) is 0 Å². The predicted molar refractivity (Wildman–Crippen MR) is 83.7 cm³/mol. The average Bonchev–Trinajstić information content (AvgIpc) is 2.89. The second kappa shape index (κ2) is 5.89. The van der Waals surface area contributed by atoms with Crippen LogP contribution in [0.15, 0.2) is 45.7 Å². The van der Waals surface area contributed by atoms with Gasteiger partial charge in [0.1, 0.15) is 5.76 Å². The molecule has 0 aliphatic heterocycles. The van der Waals surface area contributed by atoms with Gasteiger partial charge < -0.3 is 4.52 Å². The van der Waals surface area contributed by atoms with E-state index in [0.717, 1.165) is 16.8 Å². The third-order valence-electron chi connectivity index (χ3n) is 3.61. The molecule has 0 radical (unpaired) electrons. The Morgan fingerprint density at radius 2 is 2.00 bits per heavy atom. The lowest BCUT2D eigenvalue weighted by Gasteiger charge is -2.08. The van der Waals surface area contributed by atoms with Crippen molar-refractivity contribution >= 4 is 0 Å². The maximum absolute atomic E-state index is 12.1. The van der Waals surface area contributed by atoms with Crippen LogP contribution in [-0.2, 0) is 6.54 Å². The summed E-state index contributed by atoms with van der Waals surface area (Å²) in [4.78, 5) is 12.1. The molecule has 6 heteroatoms. The van der Waals surface area contributed by atoms with Crippen LogP contribution in [0.3, 0.4) is 0 Å². The lowest BCUT2D eigenvalue weighted by molar-refractivity contribution is 0.393. The van der Waals surface area contributed by atoms with Crippen molar-refractivity contribution < 1.29 is 4.52 Å². The lowest BCUT2D eigenvalue weighted by Crippen LogP contribution is -2.23. The minimum Gasteiger partial charge on any atom is -0.361 e. The van der Waals surface area contributed by atoms with E-state index in [0.29, 0.717) is 17.0 Å². The van der Waals surface area contributed by atoms with Gasteiger partial charge in [-0.2, -0.15) is 10.4 Å². The van der Waals surface area contributed by atoms with Gasteiger partial charge in [0.15, 0.2) is 0 Å². The first-order valence-electron chi connectivity index (χ1n) is 7.09. The van der Waals surface area contributed by atoms with E-state index in [-0.39, 0.29) is 12.1 Å². The monoisotopic (exact) mass is 306 g/mol.